The molecule has 0 aliphatic rings. The summed E-state index contributed by atoms with van der Waals surface area (Å²) in [4.78, 5) is 4.08. The lowest BCUT2D eigenvalue weighted by Crippen LogP contribution is -2.12. The van der Waals surface area contributed by atoms with Crippen LogP contribution in [0.25, 0.3) is 0 Å². The van der Waals surface area contributed by atoms with E-state index in [1.807, 2.05) is 19.9 Å². The second-order valence-electron chi connectivity index (χ2n) is 4.55. The normalized spacial score (nSPS) is 10.3. The van der Waals surface area contributed by atoms with E-state index in [2.05, 4.69) is 18.0 Å². The molecule has 1 aromatic carbocycles. The third kappa shape index (κ3) is 2.73. The average Bonchev–Trinajstić information content (AvgIpc) is 2.40. The van der Waals surface area contributed by atoms with Crippen LogP contribution in [0, 0.1) is 26.2 Å². The Hall–Kier alpha value is -2.36. The summed E-state index contributed by atoms with van der Waals surface area (Å²) in [6.45, 7) is 6.10. The Labute approximate surface area is 112 Å². The Morgan fingerprint density at radius 3 is 2.37 bits per heavy atom. The number of nitrogen functional groups attached to an aromatic ring is 1. The summed E-state index contributed by atoms with van der Waals surface area (Å²) >= 11 is 0. The molecule has 0 unspecified atom stereocenters. The highest BCUT2D eigenvalue weighted by atomic mass is 16.5. The van der Waals surface area contributed by atoms with Crippen LogP contribution in [0.1, 0.15) is 22.4 Å². The number of nitrogens with two attached hydrogens (primary N) is 1. The number of rotatable bonds is 3. The van der Waals surface area contributed by atoms with E-state index in [4.69, 9.17) is 15.9 Å². The first-order valence-electron chi connectivity index (χ1n) is 6.04. The molecule has 19 heavy (non-hydrogen) atoms. The predicted molar refractivity (Wildman–Crippen MR) is 76.0 cm³/mol. The number of nitrogens with zero attached hydrogens (tertiary/aromatic N) is 1. The van der Waals surface area contributed by atoms with Crippen LogP contribution in [0.15, 0.2) is 30.5 Å². The fraction of sp³-hybridized carbons (Fsp3) is 0.200. The minimum Gasteiger partial charge on any atom is -0.455 e. The summed E-state index contributed by atoms with van der Waals surface area (Å²) in [5.41, 5.74) is 9.21. The van der Waals surface area contributed by atoms with Crippen molar-refractivity contribution in [1.82, 2.24) is 4.98 Å². The fourth-order valence-electron chi connectivity index (χ4n) is 1.80. The lowest BCUT2D eigenvalue weighted by Gasteiger charge is -2.13. The first-order valence-corrected chi connectivity index (χ1v) is 6.04. The van der Waals surface area contributed by atoms with Gasteiger partial charge in [-0.15, -0.1) is 0 Å². The van der Waals surface area contributed by atoms with Crippen LogP contribution in [0.2, 0.25) is 0 Å². The summed E-state index contributed by atoms with van der Waals surface area (Å²) in [7, 11) is 0. The number of aryl methyl sites for hydroxylation is 2. The van der Waals surface area contributed by atoms with E-state index in [0.717, 1.165) is 16.9 Å². The Kier molecular flexibility index (Phi) is 3.51. The average molecular weight is 255 g/mol. The lowest BCUT2D eigenvalue weighted by atomic mass is 10.1. The van der Waals surface area contributed by atoms with Gasteiger partial charge in [0, 0.05) is 0 Å². The molecule has 0 spiro atoms. The third-order valence-electron chi connectivity index (χ3n) is 3.11. The van der Waals surface area contributed by atoms with Crippen molar-refractivity contribution in [1.29, 1.82) is 5.41 Å². The monoisotopic (exact) mass is 255 g/mol. The maximum atomic E-state index is 7.30. The quantitative estimate of drug-likeness (QED) is 0.654. The highest BCUT2D eigenvalue weighted by molar-refractivity contribution is 5.92. The van der Waals surface area contributed by atoms with Crippen LogP contribution in [-0.4, -0.2) is 10.8 Å². The minimum absolute atomic E-state index is 0.0468. The number of aromatic nitrogens is 1. The molecule has 0 aliphatic heterocycles. The van der Waals surface area contributed by atoms with Gasteiger partial charge < -0.3 is 10.5 Å². The molecule has 0 atom stereocenters. The first-order chi connectivity index (χ1) is 8.99. The molecule has 98 valence electrons. The van der Waals surface area contributed by atoms with Gasteiger partial charge in [0.15, 0.2) is 0 Å². The number of amidine groups is 1. The fourth-order valence-corrected chi connectivity index (χ4v) is 1.80. The molecule has 2 rings (SSSR count). The molecule has 0 saturated carbocycles. The maximum Gasteiger partial charge on any atom is 0.145 e. The third-order valence-corrected chi connectivity index (χ3v) is 3.11. The molecule has 1 aromatic heterocycles. The molecule has 0 saturated heterocycles. The molecule has 0 bridgehead atoms. The number of benzene rings is 1. The summed E-state index contributed by atoms with van der Waals surface area (Å²) < 4.78 is 5.88. The molecular weight excluding hydrogens is 238 g/mol. The molecule has 0 amide bonds. The molecule has 2 aromatic rings. The summed E-state index contributed by atoms with van der Waals surface area (Å²) in [5.74, 6) is 1.45. The van der Waals surface area contributed by atoms with E-state index in [0.29, 0.717) is 11.4 Å². The van der Waals surface area contributed by atoms with Crippen molar-refractivity contribution in [2.24, 2.45) is 5.73 Å². The van der Waals surface area contributed by atoms with E-state index in [-0.39, 0.29) is 5.84 Å². The number of pyridine rings is 1. The Morgan fingerprint density at radius 1 is 1.11 bits per heavy atom. The lowest BCUT2D eigenvalue weighted by molar-refractivity contribution is 0.472. The Bertz CT molecular complexity index is 618. The van der Waals surface area contributed by atoms with Crippen LogP contribution in [0.5, 0.6) is 11.5 Å². The van der Waals surface area contributed by atoms with E-state index in [1.165, 1.54) is 5.56 Å². The minimum atomic E-state index is -0.0468. The van der Waals surface area contributed by atoms with Gasteiger partial charge in [0.25, 0.3) is 0 Å². The van der Waals surface area contributed by atoms with Crippen LogP contribution in [-0.2, 0) is 0 Å². The van der Waals surface area contributed by atoms with Crippen molar-refractivity contribution in [2.45, 2.75) is 20.8 Å². The molecule has 4 nitrogen and oxygen atoms in total. The van der Waals surface area contributed by atoms with E-state index < -0.39 is 0 Å². The largest absolute Gasteiger partial charge is 0.455 e. The van der Waals surface area contributed by atoms with Crippen LogP contribution >= 0.6 is 0 Å². The second kappa shape index (κ2) is 5.10. The van der Waals surface area contributed by atoms with Crippen LogP contribution in [0.4, 0.5) is 0 Å². The van der Waals surface area contributed by atoms with Gasteiger partial charge in [0.05, 0.1) is 6.20 Å². The topological polar surface area (TPSA) is 72.0 Å². The standard InChI is InChI=1S/C15H17N3O/c1-9-4-5-10(2)14(11(9)3)19-12-6-7-13(15(16)17)18-8-12/h4-8H,1-3H3,(H3,16,17). The van der Waals surface area contributed by atoms with Gasteiger partial charge in [-0.25, -0.2) is 4.98 Å². The van der Waals surface area contributed by atoms with Crippen LogP contribution < -0.4 is 10.5 Å². The number of ether oxygens (including phenoxy) is 1. The molecule has 0 fully saturated rings. The van der Waals surface area contributed by atoms with E-state index in [1.54, 1.807) is 18.3 Å². The van der Waals surface area contributed by atoms with Crippen LogP contribution in [0.3, 0.4) is 0 Å². The highest BCUT2D eigenvalue weighted by Crippen LogP contribution is 2.30. The van der Waals surface area contributed by atoms with Crippen molar-refractivity contribution < 1.29 is 4.74 Å². The first kappa shape index (κ1) is 13.1. The predicted octanol–water partition coefficient (Wildman–Crippen LogP) is 3.08. The zero-order chi connectivity index (χ0) is 14.0. The van der Waals surface area contributed by atoms with Gasteiger partial charge in [-0.05, 0) is 49.6 Å². The van der Waals surface area contributed by atoms with Crippen molar-refractivity contribution >= 4 is 5.84 Å². The van der Waals surface area contributed by atoms with Gasteiger partial charge >= 0.3 is 0 Å². The number of hydrogen-bond acceptors (Lipinski definition) is 3. The van der Waals surface area contributed by atoms with Gasteiger partial charge in [0.2, 0.25) is 0 Å². The number of hydrogen-bond donors (Lipinski definition) is 2. The molecule has 0 aliphatic carbocycles. The van der Waals surface area contributed by atoms with Gasteiger partial charge in [0.1, 0.15) is 23.0 Å². The van der Waals surface area contributed by atoms with Gasteiger partial charge in [-0.3, -0.25) is 5.41 Å². The Morgan fingerprint density at radius 2 is 1.79 bits per heavy atom. The highest BCUT2D eigenvalue weighted by Gasteiger charge is 2.08. The Balaban J connectivity index is 2.31. The van der Waals surface area contributed by atoms with Crippen molar-refractivity contribution in [2.75, 3.05) is 0 Å². The summed E-state index contributed by atoms with van der Waals surface area (Å²) in [6.07, 6.45) is 1.58. The molecule has 1 heterocycles. The molecule has 0 radical (unpaired) electrons. The SMILES string of the molecule is Cc1ccc(C)c(Oc2ccc(C(=N)N)nc2)c1C. The van der Waals surface area contributed by atoms with Gasteiger partial charge in [-0.2, -0.15) is 0 Å². The zero-order valence-electron chi connectivity index (χ0n) is 11.3. The van der Waals surface area contributed by atoms with Crippen molar-refractivity contribution in [3.8, 4) is 11.5 Å². The zero-order valence-corrected chi connectivity index (χ0v) is 11.3. The van der Waals surface area contributed by atoms with E-state index >= 15 is 0 Å². The molecule has 4 heteroatoms. The van der Waals surface area contributed by atoms with Crippen molar-refractivity contribution in [3.63, 3.8) is 0 Å². The summed E-state index contributed by atoms with van der Waals surface area (Å²) in [6, 6.07) is 7.56. The smallest absolute Gasteiger partial charge is 0.145 e. The molecule has 3 N–H and O–H groups in total. The van der Waals surface area contributed by atoms with Crippen molar-refractivity contribution in [3.05, 3.63) is 52.8 Å². The second-order valence-corrected chi connectivity index (χ2v) is 4.55. The van der Waals surface area contributed by atoms with Gasteiger partial charge in [-0.1, -0.05) is 12.1 Å². The maximum absolute atomic E-state index is 7.30. The summed E-state index contributed by atoms with van der Waals surface area (Å²) in [5, 5.41) is 7.30. The van der Waals surface area contributed by atoms with E-state index in [9.17, 15) is 0 Å². The number of nitrogens with one attached hydrogen (secondary N) is 1. The molecular formula is C15H17N3O.